The summed E-state index contributed by atoms with van der Waals surface area (Å²) in [4.78, 5) is 0. The predicted molar refractivity (Wildman–Crippen MR) is 60.1 cm³/mol. The second-order valence-corrected chi connectivity index (χ2v) is 4.29. The molecule has 1 rings (SSSR count). The topological polar surface area (TPSA) is 35.2 Å². The van der Waals surface area contributed by atoms with E-state index in [1.165, 1.54) is 12.1 Å². The largest absolute Gasteiger partial charge is 0.373 e. The van der Waals surface area contributed by atoms with Crippen molar-refractivity contribution in [1.29, 1.82) is 0 Å². The molecular formula is C11H11ClF5NO. The van der Waals surface area contributed by atoms with Gasteiger partial charge in [-0.25, -0.2) is 13.2 Å². The number of benzene rings is 1. The molecule has 0 aliphatic rings. The number of nitrogens with two attached hydrogens (primary N) is 1. The summed E-state index contributed by atoms with van der Waals surface area (Å²) in [5.74, 6) is -4.97. The van der Waals surface area contributed by atoms with E-state index in [1.54, 1.807) is 0 Å². The average Bonchev–Trinajstić information content (AvgIpc) is 2.28. The standard InChI is InChI=1S/C11H11ClF5NO/c12-6-1-2-7(8(13)3-6)9(18)4-19-5-11(16,17)10(14)15/h1-3,9-10H,4-5,18H2. The van der Waals surface area contributed by atoms with E-state index in [1.807, 2.05) is 0 Å². The van der Waals surface area contributed by atoms with Gasteiger partial charge in [-0.2, -0.15) is 8.78 Å². The molecule has 0 saturated heterocycles. The minimum absolute atomic E-state index is 0.00441. The fourth-order valence-corrected chi connectivity index (χ4v) is 1.44. The van der Waals surface area contributed by atoms with E-state index in [4.69, 9.17) is 17.3 Å². The number of alkyl halides is 4. The van der Waals surface area contributed by atoms with E-state index < -0.39 is 37.4 Å². The Morgan fingerprint density at radius 2 is 1.95 bits per heavy atom. The van der Waals surface area contributed by atoms with Gasteiger partial charge in [0.1, 0.15) is 12.4 Å². The fraction of sp³-hybridized carbons (Fsp3) is 0.455. The molecule has 1 unspecified atom stereocenters. The van der Waals surface area contributed by atoms with Gasteiger partial charge >= 0.3 is 12.3 Å². The summed E-state index contributed by atoms with van der Waals surface area (Å²) in [6, 6.07) is 2.60. The smallest absolute Gasteiger partial charge is 0.330 e. The van der Waals surface area contributed by atoms with Crippen molar-refractivity contribution >= 4 is 11.6 Å². The van der Waals surface area contributed by atoms with Crippen molar-refractivity contribution in [2.75, 3.05) is 13.2 Å². The lowest BCUT2D eigenvalue weighted by Gasteiger charge is -2.18. The van der Waals surface area contributed by atoms with E-state index >= 15 is 0 Å². The van der Waals surface area contributed by atoms with E-state index in [0.29, 0.717) is 0 Å². The van der Waals surface area contributed by atoms with Gasteiger partial charge in [-0.15, -0.1) is 0 Å². The zero-order valence-electron chi connectivity index (χ0n) is 9.55. The van der Waals surface area contributed by atoms with Crippen LogP contribution in [-0.2, 0) is 4.74 Å². The zero-order valence-corrected chi connectivity index (χ0v) is 10.3. The summed E-state index contributed by atoms with van der Waals surface area (Å²) in [7, 11) is 0. The predicted octanol–water partition coefficient (Wildman–Crippen LogP) is 3.40. The Morgan fingerprint density at radius 1 is 1.32 bits per heavy atom. The van der Waals surface area contributed by atoms with Crippen molar-refractivity contribution < 1.29 is 26.7 Å². The van der Waals surface area contributed by atoms with Crippen LogP contribution >= 0.6 is 11.6 Å². The highest BCUT2D eigenvalue weighted by atomic mass is 35.5. The SMILES string of the molecule is NC(COCC(F)(F)C(F)F)c1ccc(Cl)cc1F. The van der Waals surface area contributed by atoms with Gasteiger partial charge in [0.2, 0.25) is 0 Å². The molecule has 0 spiro atoms. The van der Waals surface area contributed by atoms with Gasteiger partial charge in [0, 0.05) is 10.6 Å². The summed E-state index contributed by atoms with van der Waals surface area (Å²) in [6.07, 6.45) is -3.82. The molecule has 0 fully saturated rings. The Balaban J connectivity index is 2.54. The van der Waals surface area contributed by atoms with Crippen LogP contribution in [0.15, 0.2) is 18.2 Å². The van der Waals surface area contributed by atoms with Crippen LogP contribution in [0.3, 0.4) is 0 Å². The fourth-order valence-electron chi connectivity index (χ4n) is 1.28. The molecule has 0 amide bonds. The lowest BCUT2D eigenvalue weighted by molar-refractivity contribution is -0.166. The summed E-state index contributed by atoms with van der Waals surface area (Å²) in [5.41, 5.74) is 5.52. The first-order chi connectivity index (χ1) is 8.74. The molecule has 19 heavy (non-hydrogen) atoms. The number of rotatable bonds is 6. The normalized spacial score (nSPS) is 13.9. The highest BCUT2D eigenvalue weighted by molar-refractivity contribution is 6.30. The van der Waals surface area contributed by atoms with Crippen LogP contribution in [-0.4, -0.2) is 25.6 Å². The van der Waals surface area contributed by atoms with Gasteiger partial charge in [-0.1, -0.05) is 17.7 Å². The van der Waals surface area contributed by atoms with Gasteiger partial charge in [-0.05, 0) is 12.1 Å². The van der Waals surface area contributed by atoms with Gasteiger partial charge in [0.05, 0.1) is 12.6 Å². The molecule has 0 aromatic heterocycles. The van der Waals surface area contributed by atoms with Crippen LogP contribution in [0.1, 0.15) is 11.6 Å². The van der Waals surface area contributed by atoms with E-state index in [9.17, 15) is 22.0 Å². The molecule has 2 nitrogen and oxygen atoms in total. The van der Waals surface area contributed by atoms with Crippen LogP contribution in [0.5, 0.6) is 0 Å². The highest BCUT2D eigenvalue weighted by Crippen LogP contribution is 2.24. The third-order valence-electron chi connectivity index (χ3n) is 2.27. The molecule has 1 aromatic carbocycles. The van der Waals surface area contributed by atoms with E-state index in [0.717, 1.165) is 6.07 Å². The second kappa shape index (κ2) is 6.49. The maximum Gasteiger partial charge on any atom is 0.330 e. The Morgan fingerprint density at radius 3 is 2.47 bits per heavy atom. The molecule has 108 valence electrons. The molecule has 0 radical (unpaired) electrons. The summed E-state index contributed by atoms with van der Waals surface area (Å²) in [5, 5.41) is 0.151. The molecule has 0 aliphatic heterocycles. The summed E-state index contributed by atoms with van der Waals surface area (Å²) >= 11 is 5.53. The molecule has 0 bridgehead atoms. The van der Waals surface area contributed by atoms with Gasteiger partial charge in [0.15, 0.2) is 0 Å². The van der Waals surface area contributed by atoms with Gasteiger partial charge in [-0.3, -0.25) is 0 Å². The summed E-state index contributed by atoms with van der Waals surface area (Å²) < 4.78 is 66.5. The third-order valence-corrected chi connectivity index (χ3v) is 2.51. The Hall–Kier alpha value is -0.920. The van der Waals surface area contributed by atoms with E-state index in [2.05, 4.69) is 4.74 Å². The second-order valence-electron chi connectivity index (χ2n) is 3.85. The molecule has 0 heterocycles. The van der Waals surface area contributed by atoms with Crippen molar-refractivity contribution in [1.82, 2.24) is 0 Å². The lowest BCUT2D eigenvalue weighted by Crippen LogP contribution is -2.33. The van der Waals surface area contributed by atoms with Gasteiger partial charge in [0.25, 0.3) is 0 Å². The summed E-state index contributed by atoms with van der Waals surface area (Å²) in [6.45, 7) is -1.99. The van der Waals surface area contributed by atoms with Crippen molar-refractivity contribution in [3.05, 3.63) is 34.6 Å². The van der Waals surface area contributed by atoms with Crippen LogP contribution in [0.25, 0.3) is 0 Å². The quantitative estimate of drug-likeness (QED) is 0.818. The Kier molecular flexibility index (Phi) is 5.51. The van der Waals surface area contributed by atoms with Crippen LogP contribution in [0, 0.1) is 5.82 Å². The molecule has 8 heteroatoms. The lowest BCUT2D eigenvalue weighted by atomic mass is 10.1. The minimum Gasteiger partial charge on any atom is -0.373 e. The Labute approximate surface area is 111 Å². The number of hydrogen-bond donors (Lipinski definition) is 1. The van der Waals surface area contributed by atoms with E-state index in [-0.39, 0.29) is 10.6 Å². The maximum absolute atomic E-state index is 13.4. The number of halogens is 6. The molecule has 1 aromatic rings. The monoisotopic (exact) mass is 303 g/mol. The molecule has 2 N–H and O–H groups in total. The minimum atomic E-state index is -4.25. The van der Waals surface area contributed by atoms with Crippen LogP contribution in [0.2, 0.25) is 5.02 Å². The van der Waals surface area contributed by atoms with Crippen molar-refractivity contribution in [2.24, 2.45) is 5.73 Å². The molecule has 0 aliphatic carbocycles. The third kappa shape index (κ3) is 4.59. The first-order valence-corrected chi connectivity index (χ1v) is 5.56. The number of ether oxygens (including phenoxy) is 1. The zero-order chi connectivity index (χ0) is 14.6. The van der Waals surface area contributed by atoms with Crippen molar-refractivity contribution in [2.45, 2.75) is 18.4 Å². The van der Waals surface area contributed by atoms with Crippen molar-refractivity contribution in [3.63, 3.8) is 0 Å². The van der Waals surface area contributed by atoms with Crippen LogP contribution in [0.4, 0.5) is 22.0 Å². The molecule has 0 saturated carbocycles. The molecule has 1 atom stereocenters. The molecular weight excluding hydrogens is 293 g/mol. The van der Waals surface area contributed by atoms with Crippen molar-refractivity contribution in [3.8, 4) is 0 Å². The Bertz CT molecular complexity index is 430. The highest BCUT2D eigenvalue weighted by Gasteiger charge is 2.41. The van der Waals surface area contributed by atoms with Crippen LogP contribution < -0.4 is 5.73 Å². The number of hydrogen-bond acceptors (Lipinski definition) is 2. The maximum atomic E-state index is 13.4. The first kappa shape index (κ1) is 16.1. The average molecular weight is 304 g/mol. The first-order valence-electron chi connectivity index (χ1n) is 5.18. The van der Waals surface area contributed by atoms with Gasteiger partial charge < -0.3 is 10.5 Å².